The van der Waals surface area contributed by atoms with Crippen molar-refractivity contribution in [3.8, 4) is 10.6 Å². The van der Waals surface area contributed by atoms with Crippen molar-refractivity contribution in [3.63, 3.8) is 0 Å². The molecule has 3 heterocycles. The van der Waals surface area contributed by atoms with Gasteiger partial charge in [0.25, 0.3) is 0 Å². The third-order valence-corrected chi connectivity index (χ3v) is 6.18. The van der Waals surface area contributed by atoms with Crippen LogP contribution in [0.1, 0.15) is 24.6 Å². The van der Waals surface area contributed by atoms with Crippen LogP contribution in [0.4, 0.5) is 0 Å². The van der Waals surface area contributed by atoms with Crippen molar-refractivity contribution in [1.29, 1.82) is 0 Å². The molecule has 0 saturated carbocycles. The van der Waals surface area contributed by atoms with Crippen molar-refractivity contribution in [3.05, 3.63) is 29.3 Å². The lowest BCUT2D eigenvalue weighted by atomic mass is 9.99. The van der Waals surface area contributed by atoms with Gasteiger partial charge in [-0.1, -0.05) is 13.3 Å². The van der Waals surface area contributed by atoms with E-state index in [1.54, 1.807) is 17.5 Å². The van der Waals surface area contributed by atoms with Crippen LogP contribution in [-0.2, 0) is 16.6 Å². The van der Waals surface area contributed by atoms with Crippen LogP contribution in [0.15, 0.2) is 24.4 Å². The third kappa shape index (κ3) is 4.44. The molecule has 0 aliphatic carbocycles. The van der Waals surface area contributed by atoms with Crippen molar-refractivity contribution in [2.75, 3.05) is 19.3 Å². The number of aromatic nitrogens is 2. The van der Waals surface area contributed by atoms with Gasteiger partial charge in [0.1, 0.15) is 0 Å². The summed E-state index contributed by atoms with van der Waals surface area (Å²) in [6.07, 6.45) is 5.12. The first-order chi connectivity index (χ1) is 11.4. The van der Waals surface area contributed by atoms with Gasteiger partial charge in [-0.25, -0.2) is 13.1 Å². The molecule has 2 N–H and O–H groups in total. The highest BCUT2D eigenvalue weighted by Crippen LogP contribution is 2.29. The van der Waals surface area contributed by atoms with Gasteiger partial charge >= 0.3 is 0 Å². The molecule has 6 nitrogen and oxygen atoms in total. The van der Waals surface area contributed by atoms with Gasteiger partial charge < -0.3 is 0 Å². The molecule has 0 spiro atoms. The summed E-state index contributed by atoms with van der Waals surface area (Å²) in [5, 5.41) is 6.98. The summed E-state index contributed by atoms with van der Waals surface area (Å²) in [6, 6.07) is 6.24. The zero-order chi connectivity index (χ0) is 17.2. The van der Waals surface area contributed by atoms with E-state index < -0.39 is 10.0 Å². The molecule has 1 aliphatic rings. The second kappa shape index (κ2) is 7.35. The molecule has 2 atom stereocenters. The Hall–Kier alpha value is -1.22. The van der Waals surface area contributed by atoms with E-state index in [1.165, 1.54) is 16.0 Å². The Morgan fingerprint density at radius 3 is 2.88 bits per heavy atom. The van der Waals surface area contributed by atoms with E-state index in [4.69, 9.17) is 0 Å². The van der Waals surface area contributed by atoms with Crippen LogP contribution in [0.3, 0.4) is 0 Å². The van der Waals surface area contributed by atoms with E-state index in [0.29, 0.717) is 5.92 Å². The highest BCUT2D eigenvalue weighted by atomic mass is 32.2. The summed E-state index contributed by atoms with van der Waals surface area (Å²) in [6.45, 7) is 4.73. The zero-order valence-corrected chi connectivity index (χ0v) is 15.7. The zero-order valence-electron chi connectivity index (χ0n) is 14.0. The number of aromatic amines is 1. The van der Waals surface area contributed by atoms with Gasteiger partial charge in [-0.3, -0.25) is 10.00 Å². The van der Waals surface area contributed by atoms with Gasteiger partial charge in [0.2, 0.25) is 10.0 Å². The third-order valence-electron chi connectivity index (χ3n) is 4.35. The first-order valence-electron chi connectivity index (χ1n) is 8.22. The van der Waals surface area contributed by atoms with Crippen LogP contribution in [-0.4, -0.2) is 48.9 Å². The fraction of sp³-hybridized carbons (Fsp3) is 0.562. The van der Waals surface area contributed by atoms with E-state index in [-0.39, 0.29) is 6.04 Å². The fourth-order valence-corrected chi connectivity index (χ4v) is 5.22. The normalized spacial score (nSPS) is 22.2. The average Bonchev–Trinajstić information content (AvgIpc) is 3.20. The molecule has 0 radical (unpaired) electrons. The summed E-state index contributed by atoms with van der Waals surface area (Å²) >= 11 is 1.75. The first-order valence-corrected chi connectivity index (χ1v) is 10.9. The van der Waals surface area contributed by atoms with Crippen LogP contribution in [0.5, 0.6) is 0 Å². The first kappa shape index (κ1) is 17.6. The maximum Gasteiger partial charge on any atom is 0.209 e. The summed E-state index contributed by atoms with van der Waals surface area (Å²) in [5.41, 5.74) is 1.04. The van der Waals surface area contributed by atoms with Crippen molar-refractivity contribution < 1.29 is 8.42 Å². The molecule has 0 bridgehead atoms. The number of hydrogen-bond donors (Lipinski definition) is 2. The Balaban J connectivity index is 1.65. The van der Waals surface area contributed by atoms with Gasteiger partial charge in [0.05, 0.1) is 16.8 Å². The molecule has 2 aromatic heterocycles. The molecule has 2 unspecified atom stereocenters. The molecule has 0 aromatic carbocycles. The lowest BCUT2D eigenvalue weighted by Gasteiger charge is -2.17. The van der Waals surface area contributed by atoms with Gasteiger partial charge in [-0.15, -0.1) is 11.3 Å². The predicted octanol–water partition coefficient (Wildman–Crippen LogP) is 2.29. The van der Waals surface area contributed by atoms with E-state index in [0.717, 1.165) is 38.2 Å². The van der Waals surface area contributed by atoms with Gasteiger partial charge in [0, 0.05) is 36.8 Å². The van der Waals surface area contributed by atoms with E-state index >= 15 is 0 Å². The number of nitrogens with one attached hydrogen (secondary N) is 2. The van der Waals surface area contributed by atoms with E-state index in [1.807, 2.05) is 6.07 Å². The minimum atomic E-state index is -3.17. The second-order valence-corrected chi connectivity index (χ2v) is 9.42. The minimum Gasteiger partial charge on any atom is -0.296 e. The van der Waals surface area contributed by atoms with Crippen LogP contribution < -0.4 is 4.72 Å². The maximum absolute atomic E-state index is 11.6. The topological polar surface area (TPSA) is 78.1 Å². The molecule has 1 fully saturated rings. The quantitative estimate of drug-likeness (QED) is 0.786. The van der Waals surface area contributed by atoms with Crippen LogP contribution in [0, 0.1) is 5.92 Å². The van der Waals surface area contributed by atoms with Crippen molar-refractivity contribution >= 4 is 21.4 Å². The predicted molar refractivity (Wildman–Crippen MR) is 97.3 cm³/mol. The fourth-order valence-electron chi connectivity index (χ4n) is 3.38. The standard InChI is InChI=1S/C16H24N4O2S2/c1-3-4-12-9-20(11-15(12)19-24(2,21)22)10-13-5-6-16(23-13)14-7-8-17-18-14/h5-8,12,15,19H,3-4,9-11H2,1-2H3,(H,17,18). The van der Waals surface area contributed by atoms with Gasteiger partial charge in [-0.05, 0) is 30.5 Å². The Morgan fingerprint density at radius 2 is 2.21 bits per heavy atom. The lowest BCUT2D eigenvalue weighted by molar-refractivity contribution is 0.315. The molecule has 2 aromatic rings. The van der Waals surface area contributed by atoms with Crippen molar-refractivity contribution in [2.45, 2.75) is 32.4 Å². The molecule has 8 heteroatoms. The SMILES string of the molecule is CCCC1CN(Cc2ccc(-c3ccn[nH]3)s2)CC1NS(C)(=O)=O. The number of rotatable bonds is 7. The summed E-state index contributed by atoms with van der Waals surface area (Å²) in [7, 11) is -3.17. The number of nitrogens with zero attached hydrogens (tertiary/aromatic N) is 2. The smallest absolute Gasteiger partial charge is 0.209 e. The summed E-state index contributed by atoms with van der Waals surface area (Å²) in [5.74, 6) is 0.386. The number of H-pyrrole nitrogens is 1. The van der Waals surface area contributed by atoms with Crippen LogP contribution in [0.25, 0.3) is 10.6 Å². The summed E-state index contributed by atoms with van der Waals surface area (Å²) < 4.78 is 26.0. The second-order valence-electron chi connectivity index (χ2n) is 6.48. The molecular weight excluding hydrogens is 344 g/mol. The molecule has 1 saturated heterocycles. The van der Waals surface area contributed by atoms with E-state index in [2.05, 4.69) is 38.9 Å². The number of sulfonamides is 1. The monoisotopic (exact) mass is 368 g/mol. The Bertz CT molecular complexity index is 755. The van der Waals surface area contributed by atoms with Crippen LogP contribution >= 0.6 is 11.3 Å². The van der Waals surface area contributed by atoms with Crippen molar-refractivity contribution in [1.82, 2.24) is 19.8 Å². The number of hydrogen-bond acceptors (Lipinski definition) is 5. The molecule has 0 amide bonds. The lowest BCUT2D eigenvalue weighted by Crippen LogP contribution is -2.39. The largest absolute Gasteiger partial charge is 0.296 e. The Morgan fingerprint density at radius 1 is 1.38 bits per heavy atom. The molecular formula is C16H24N4O2S2. The maximum atomic E-state index is 11.6. The highest BCUT2D eigenvalue weighted by molar-refractivity contribution is 7.88. The Labute approximate surface area is 147 Å². The molecule has 1 aliphatic heterocycles. The van der Waals surface area contributed by atoms with Crippen molar-refractivity contribution in [2.24, 2.45) is 5.92 Å². The molecule has 132 valence electrons. The molecule has 24 heavy (non-hydrogen) atoms. The Kier molecular flexibility index (Phi) is 5.39. The van der Waals surface area contributed by atoms with Gasteiger partial charge in [0.15, 0.2) is 0 Å². The number of likely N-dealkylation sites (tertiary alicyclic amines) is 1. The number of thiophene rings is 1. The van der Waals surface area contributed by atoms with Crippen LogP contribution in [0.2, 0.25) is 0 Å². The molecule has 3 rings (SSSR count). The van der Waals surface area contributed by atoms with E-state index in [9.17, 15) is 8.42 Å². The highest BCUT2D eigenvalue weighted by Gasteiger charge is 2.33. The van der Waals surface area contributed by atoms with Gasteiger partial charge in [-0.2, -0.15) is 5.10 Å². The average molecular weight is 369 g/mol. The summed E-state index contributed by atoms with van der Waals surface area (Å²) in [4.78, 5) is 4.82. The minimum absolute atomic E-state index is 0.0204.